The van der Waals surface area contributed by atoms with E-state index < -0.39 is 5.82 Å². The van der Waals surface area contributed by atoms with Gasteiger partial charge in [0.15, 0.2) is 5.82 Å². The van der Waals surface area contributed by atoms with E-state index in [-0.39, 0.29) is 5.02 Å². The van der Waals surface area contributed by atoms with Crippen LogP contribution in [0.4, 0.5) is 27.7 Å². The zero-order chi connectivity index (χ0) is 15.5. The molecule has 2 N–H and O–H groups in total. The van der Waals surface area contributed by atoms with Crippen LogP contribution in [-0.4, -0.2) is 15.1 Å². The summed E-state index contributed by atoms with van der Waals surface area (Å²) in [6.07, 6.45) is 1.58. The van der Waals surface area contributed by atoms with Crippen LogP contribution in [0.15, 0.2) is 41.1 Å². The van der Waals surface area contributed by atoms with Crippen LogP contribution in [0.3, 0.4) is 0 Å². The van der Waals surface area contributed by atoms with E-state index in [1.807, 2.05) is 0 Å². The number of nitrogens with zero attached hydrogens (tertiary/aromatic N) is 3. The maximum Gasteiger partial charge on any atom is 0.229 e. The van der Waals surface area contributed by atoms with E-state index in [1.54, 1.807) is 31.3 Å². The van der Waals surface area contributed by atoms with Crippen LogP contribution in [0.5, 0.6) is 0 Å². The molecule has 0 saturated carbocycles. The van der Waals surface area contributed by atoms with Crippen molar-refractivity contribution in [2.75, 3.05) is 10.6 Å². The van der Waals surface area contributed by atoms with Gasteiger partial charge in [0.05, 0.1) is 5.02 Å². The number of nitrogens with one attached hydrogen (secondary N) is 2. The summed E-state index contributed by atoms with van der Waals surface area (Å²) in [6.45, 7) is 1.80. The summed E-state index contributed by atoms with van der Waals surface area (Å²) >= 11 is 5.73. The Hall–Kier alpha value is -2.67. The predicted molar refractivity (Wildman–Crippen MR) is 81.2 cm³/mol. The molecule has 3 rings (SSSR count). The van der Waals surface area contributed by atoms with Crippen molar-refractivity contribution in [3.8, 4) is 0 Å². The zero-order valence-corrected chi connectivity index (χ0v) is 12.2. The van der Waals surface area contributed by atoms with Gasteiger partial charge in [0, 0.05) is 18.0 Å². The Labute approximate surface area is 130 Å². The lowest BCUT2D eigenvalue weighted by atomic mass is 10.3. The van der Waals surface area contributed by atoms with Crippen molar-refractivity contribution >= 4 is 34.9 Å². The molecule has 0 bridgehead atoms. The first-order chi connectivity index (χ1) is 10.6. The molecule has 6 nitrogen and oxygen atoms in total. The first-order valence-electron chi connectivity index (χ1n) is 6.35. The van der Waals surface area contributed by atoms with Gasteiger partial charge in [0.1, 0.15) is 17.4 Å². The molecular weight excluding hydrogens is 309 g/mol. The highest BCUT2D eigenvalue weighted by Gasteiger charge is 2.05. The molecule has 8 heteroatoms. The van der Waals surface area contributed by atoms with Crippen LogP contribution in [0.2, 0.25) is 5.02 Å². The third-order valence-electron chi connectivity index (χ3n) is 2.72. The molecule has 0 aliphatic rings. The smallest absolute Gasteiger partial charge is 0.229 e. The van der Waals surface area contributed by atoms with Gasteiger partial charge in [-0.05, 0) is 31.2 Å². The highest BCUT2D eigenvalue weighted by Crippen LogP contribution is 2.22. The topological polar surface area (TPSA) is 75.9 Å². The summed E-state index contributed by atoms with van der Waals surface area (Å²) in [6, 6.07) is 7.71. The van der Waals surface area contributed by atoms with E-state index in [0.29, 0.717) is 29.0 Å². The maximum atomic E-state index is 13.1. The SMILES string of the molecule is Cc1cc(Nc2ccnc(Nc3ccc(F)c(Cl)c3)n2)no1. The van der Waals surface area contributed by atoms with Crippen molar-refractivity contribution in [1.82, 2.24) is 15.1 Å². The Morgan fingerprint density at radius 2 is 2.00 bits per heavy atom. The van der Waals surface area contributed by atoms with E-state index in [0.717, 1.165) is 0 Å². The van der Waals surface area contributed by atoms with E-state index in [4.69, 9.17) is 16.1 Å². The summed E-state index contributed by atoms with van der Waals surface area (Å²) in [5, 5.41) is 9.78. The van der Waals surface area contributed by atoms with E-state index in [9.17, 15) is 4.39 Å². The Balaban J connectivity index is 1.77. The molecule has 0 radical (unpaired) electrons. The van der Waals surface area contributed by atoms with Crippen molar-refractivity contribution in [2.24, 2.45) is 0 Å². The normalized spacial score (nSPS) is 10.5. The molecule has 2 heterocycles. The summed E-state index contributed by atoms with van der Waals surface area (Å²) in [5.74, 6) is 1.64. The highest BCUT2D eigenvalue weighted by molar-refractivity contribution is 6.31. The number of anilines is 4. The molecule has 0 aliphatic carbocycles. The monoisotopic (exact) mass is 319 g/mol. The number of hydrogen-bond donors (Lipinski definition) is 2. The lowest BCUT2D eigenvalue weighted by Crippen LogP contribution is -2.00. The fraction of sp³-hybridized carbons (Fsp3) is 0.0714. The third-order valence-corrected chi connectivity index (χ3v) is 3.01. The summed E-state index contributed by atoms with van der Waals surface area (Å²) in [4.78, 5) is 8.36. The molecular formula is C14H11ClFN5O. The minimum atomic E-state index is -0.482. The second-order valence-electron chi connectivity index (χ2n) is 4.47. The lowest BCUT2D eigenvalue weighted by Gasteiger charge is -2.07. The number of aromatic nitrogens is 3. The molecule has 0 fully saturated rings. The van der Waals surface area contributed by atoms with E-state index in [1.165, 1.54) is 12.1 Å². The van der Waals surface area contributed by atoms with Gasteiger partial charge < -0.3 is 15.2 Å². The second-order valence-corrected chi connectivity index (χ2v) is 4.87. The molecule has 0 saturated heterocycles. The molecule has 0 unspecified atom stereocenters. The van der Waals surface area contributed by atoms with Crippen LogP contribution in [0.25, 0.3) is 0 Å². The standard InChI is InChI=1S/C14H11ClFN5O/c1-8-6-13(21-22-8)19-12-4-5-17-14(20-12)18-9-2-3-11(16)10(15)7-9/h2-7H,1H3,(H2,17,18,19,20,21). The minimum Gasteiger partial charge on any atom is -0.360 e. The van der Waals surface area contributed by atoms with Gasteiger partial charge >= 0.3 is 0 Å². The molecule has 1 aromatic carbocycles. The summed E-state index contributed by atoms with van der Waals surface area (Å²) < 4.78 is 18.1. The van der Waals surface area contributed by atoms with Gasteiger partial charge in [-0.15, -0.1) is 0 Å². The average Bonchev–Trinajstić information content (AvgIpc) is 2.89. The molecule has 0 atom stereocenters. The largest absolute Gasteiger partial charge is 0.360 e. The summed E-state index contributed by atoms with van der Waals surface area (Å²) in [7, 11) is 0. The first-order valence-corrected chi connectivity index (χ1v) is 6.73. The van der Waals surface area contributed by atoms with Gasteiger partial charge in [-0.25, -0.2) is 9.37 Å². The van der Waals surface area contributed by atoms with Crippen LogP contribution >= 0.6 is 11.6 Å². The van der Waals surface area contributed by atoms with Crippen molar-refractivity contribution < 1.29 is 8.91 Å². The maximum absolute atomic E-state index is 13.1. The quantitative estimate of drug-likeness (QED) is 0.755. The minimum absolute atomic E-state index is 0.0253. The molecule has 0 spiro atoms. The second kappa shape index (κ2) is 5.98. The first kappa shape index (κ1) is 14.3. The Morgan fingerprint density at radius 3 is 2.73 bits per heavy atom. The predicted octanol–water partition coefficient (Wildman–Crippen LogP) is 4.05. The van der Waals surface area contributed by atoms with Crippen LogP contribution in [0.1, 0.15) is 5.76 Å². The van der Waals surface area contributed by atoms with Crippen molar-refractivity contribution in [1.29, 1.82) is 0 Å². The van der Waals surface area contributed by atoms with Gasteiger partial charge in [-0.1, -0.05) is 16.8 Å². The van der Waals surface area contributed by atoms with Gasteiger partial charge in [-0.3, -0.25) is 0 Å². The van der Waals surface area contributed by atoms with Gasteiger partial charge in [-0.2, -0.15) is 4.98 Å². The van der Waals surface area contributed by atoms with Crippen LogP contribution < -0.4 is 10.6 Å². The highest BCUT2D eigenvalue weighted by atomic mass is 35.5. The average molecular weight is 320 g/mol. The number of halogens is 2. The van der Waals surface area contributed by atoms with Crippen molar-refractivity contribution in [2.45, 2.75) is 6.92 Å². The molecule has 3 aromatic rings. The molecule has 22 heavy (non-hydrogen) atoms. The summed E-state index contributed by atoms with van der Waals surface area (Å²) in [5.41, 5.74) is 0.584. The number of rotatable bonds is 4. The number of aryl methyl sites for hydroxylation is 1. The van der Waals surface area contributed by atoms with Gasteiger partial charge in [0.25, 0.3) is 0 Å². The van der Waals surface area contributed by atoms with Crippen LogP contribution in [-0.2, 0) is 0 Å². The van der Waals surface area contributed by atoms with E-state index >= 15 is 0 Å². The molecule has 2 aromatic heterocycles. The number of hydrogen-bond acceptors (Lipinski definition) is 6. The van der Waals surface area contributed by atoms with Crippen molar-refractivity contribution in [3.05, 3.63) is 53.1 Å². The fourth-order valence-electron chi connectivity index (χ4n) is 1.75. The van der Waals surface area contributed by atoms with Crippen LogP contribution in [0, 0.1) is 12.7 Å². The van der Waals surface area contributed by atoms with E-state index in [2.05, 4.69) is 25.8 Å². The molecule has 0 amide bonds. The molecule has 0 aliphatic heterocycles. The third kappa shape index (κ3) is 3.32. The Kier molecular flexibility index (Phi) is 3.88. The van der Waals surface area contributed by atoms with Crippen molar-refractivity contribution in [3.63, 3.8) is 0 Å². The van der Waals surface area contributed by atoms with Gasteiger partial charge in [0.2, 0.25) is 5.95 Å². The zero-order valence-electron chi connectivity index (χ0n) is 11.5. The Bertz CT molecular complexity index is 807. The Morgan fingerprint density at radius 1 is 1.14 bits per heavy atom. The fourth-order valence-corrected chi connectivity index (χ4v) is 1.93. The lowest BCUT2D eigenvalue weighted by molar-refractivity contribution is 0.400. The number of benzene rings is 1. The molecule has 112 valence electrons.